The van der Waals surface area contributed by atoms with Gasteiger partial charge in [0.2, 0.25) is 5.95 Å². The van der Waals surface area contributed by atoms with E-state index in [2.05, 4.69) is 82.2 Å². The molecule has 1 aliphatic rings. The van der Waals surface area contributed by atoms with Crippen molar-refractivity contribution in [3.8, 4) is 5.75 Å². The van der Waals surface area contributed by atoms with Crippen molar-refractivity contribution in [2.24, 2.45) is 0 Å². The highest BCUT2D eigenvalue weighted by molar-refractivity contribution is 7.97. The van der Waals surface area contributed by atoms with E-state index in [1.807, 2.05) is 18.2 Å². The van der Waals surface area contributed by atoms with Gasteiger partial charge in [-0.15, -0.1) is 0 Å². The Morgan fingerprint density at radius 1 is 0.943 bits per heavy atom. The van der Waals surface area contributed by atoms with Crippen LogP contribution in [0.15, 0.2) is 59.5 Å². The Balaban J connectivity index is 1.43. The summed E-state index contributed by atoms with van der Waals surface area (Å²) in [6.07, 6.45) is 0. The number of methoxy groups -OCH3 is 1. The summed E-state index contributed by atoms with van der Waals surface area (Å²) in [4.78, 5) is 15.3. The minimum absolute atomic E-state index is 0.753. The maximum atomic E-state index is 5.26. The fraction of sp³-hybridized carbons (Fsp3) is 0.385. The molecule has 4 rings (SSSR count). The van der Waals surface area contributed by atoms with Crippen molar-refractivity contribution in [2.45, 2.75) is 11.8 Å². The Labute approximate surface area is 212 Å². The van der Waals surface area contributed by atoms with Crippen LogP contribution in [0.5, 0.6) is 5.75 Å². The van der Waals surface area contributed by atoms with Gasteiger partial charge in [0, 0.05) is 55.9 Å². The second-order valence-corrected chi connectivity index (χ2v) is 10.0. The number of hydrogen-bond acceptors (Lipinski definition) is 9. The summed E-state index contributed by atoms with van der Waals surface area (Å²) in [7, 11) is 5.83. The van der Waals surface area contributed by atoms with Gasteiger partial charge >= 0.3 is 0 Å². The zero-order valence-corrected chi connectivity index (χ0v) is 21.8. The number of anilines is 4. The van der Waals surface area contributed by atoms with Gasteiger partial charge in [-0.3, -0.25) is 0 Å². The van der Waals surface area contributed by atoms with E-state index in [1.54, 1.807) is 19.1 Å². The molecule has 9 heteroatoms. The molecule has 3 aromatic rings. The molecule has 2 heterocycles. The Bertz CT molecular complexity index is 1070. The number of benzene rings is 2. The Hall–Kier alpha value is -3.01. The largest absolute Gasteiger partial charge is 0.497 e. The smallest absolute Gasteiger partial charge is 0.229 e. The molecule has 186 valence electrons. The van der Waals surface area contributed by atoms with Crippen LogP contribution in [0.2, 0.25) is 0 Å². The van der Waals surface area contributed by atoms with Crippen LogP contribution >= 0.6 is 11.9 Å². The molecule has 0 saturated carbocycles. The van der Waals surface area contributed by atoms with Gasteiger partial charge in [0.1, 0.15) is 17.4 Å². The first-order valence-electron chi connectivity index (χ1n) is 11.9. The van der Waals surface area contributed by atoms with Crippen molar-refractivity contribution < 1.29 is 4.74 Å². The first-order valence-corrected chi connectivity index (χ1v) is 12.7. The minimum atomic E-state index is 0.753. The molecular weight excluding hydrogens is 458 g/mol. The molecule has 0 atom stereocenters. The summed E-state index contributed by atoms with van der Waals surface area (Å²) in [6.45, 7) is 7.44. The van der Waals surface area contributed by atoms with E-state index in [-0.39, 0.29) is 0 Å². The van der Waals surface area contributed by atoms with Crippen LogP contribution in [0.1, 0.15) is 5.56 Å². The Morgan fingerprint density at radius 3 is 2.29 bits per heavy atom. The number of aryl methyl sites for hydroxylation is 1. The third kappa shape index (κ3) is 7.48. The van der Waals surface area contributed by atoms with Gasteiger partial charge in [0.05, 0.1) is 7.11 Å². The van der Waals surface area contributed by atoms with Crippen LogP contribution in [-0.4, -0.2) is 79.6 Å². The average molecular weight is 494 g/mol. The maximum Gasteiger partial charge on any atom is 0.229 e. The quantitative estimate of drug-likeness (QED) is 0.401. The molecule has 1 aliphatic heterocycles. The molecule has 0 unspecified atom stereocenters. The summed E-state index contributed by atoms with van der Waals surface area (Å²) < 4.78 is 7.66. The summed E-state index contributed by atoms with van der Waals surface area (Å²) >= 11 is 1.78. The van der Waals surface area contributed by atoms with E-state index in [4.69, 9.17) is 14.7 Å². The topological polar surface area (TPSA) is 68.8 Å². The second-order valence-electron chi connectivity index (χ2n) is 8.84. The summed E-state index contributed by atoms with van der Waals surface area (Å²) in [6, 6.07) is 18.5. The van der Waals surface area contributed by atoms with Crippen LogP contribution in [-0.2, 0) is 0 Å². The number of rotatable bonds is 10. The SMILES string of the molecule is COc1ccc(SN2CCN(c3nc(NCCN(C)C)cc(Nc4ccc(C)cc4)n3)CC2)cc1. The van der Waals surface area contributed by atoms with Crippen LogP contribution in [0.25, 0.3) is 0 Å². The average Bonchev–Trinajstić information content (AvgIpc) is 2.86. The monoisotopic (exact) mass is 493 g/mol. The number of nitrogens with one attached hydrogen (secondary N) is 2. The molecule has 2 N–H and O–H groups in total. The van der Waals surface area contributed by atoms with Crippen molar-refractivity contribution in [1.29, 1.82) is 0 Å². The number of likely N-dealkylation sites (N-methyl/N-ethyl adjacent to an activating group) is 1. The van der Waals surface area contributed by atoms with Crippen LogP contribution < -0.4 is 20.3 Å². The fourth-order valence-corrected chi connectivity index (χ4v) is 4.59. The molecule has 0 aliphatic carbocycles. The molecular formula is C26H35N7OS. The highest BCUT2D eigenvalue weighted by atomic mass is 32.2. The first kappa shape index (κ1) is 25.1. The Morgan fingerprint density at radius 2 is 1.63 bits per heavy atom. The van der Waals surface area contributed by atoms with Crippen LogP contribution in [0.3, 0.4) is 0 Å². The lowest BCUT2D eigenvalue weighted by molar-refractivity contribution is 0.414. The summed E-state index contributed by atoms with van der Waals surface area (Å²) in [5.74, 6) is 3.26. The molecule has 1 saturated heterocycles. The van der Waals surface area contributed by atoms with Crippen LogP contribution in [0.4, 0.5) is 23.3 Å². The normalized spacial score (nSPS) is 14.3. The highest BCUT2D eigenvalue weighted by Gasteiger charge is 2.21. The van der Waals surface area contributed by atoms with E-state index in [9.17, 15) is 0 Å². The predicted molar refractivity (Wildman–Crippen MR) is 146 cm³/mol. The van der Waals surface area contributed by atoms with Crippen molar-refractivity contribution in [1.82, 2.24) is 19.2 Å². The van der Waals surface area contributed by atoms with E-state index < -0.39 is 0 Å². The first-order chi connectivity index (χ1) is 17.0. The van der Waals surface area contributed by atoms with E-state index in [0.29, 0.717) is 0 Å². The molecule has 0 radical (unpaired) electrons. The molecule has 35 heavy (non-hydrogen) atoms. The van der Waals surface area contributed by atoms with Gasteiger partial charge in [-0.2, -0.15) is 9.97 Å². The zero-order valence-electron chi connectivity index (χ0n) is 21.0. The summed E-state index contributed by atoms with van der Waals surface area (Å²) in [5, 5.41) is 6.91. The molecule has 1 fully saturated rings. The number of nitrogens with zero attached hydrogens (tertiary/aromatic N) is 5. The number of ether oxygens (including phenoxy) is 1. The highest BCUT2D eigenvalue weighted by Crippen LogP contribution is 2.27. The molecule has 0 bridgehead atoms. The van der Waals surface area contributed by atoms with Crippen molar-refractivity contribution in [2.75, 3.05) is 76.0 Å². The number of hydrogen-bond donors (Lipinski definition) is 2. The predicted octanol–water partition coefficient (Wildman–Crippen LogP) is 4.34. The Kier molecular flexibility index (Phi) is 8.68. The molecule has 8 nitrogen and oxygen atoms in total. The molecule has 1 aromatic heterocycles. The van der Waals surface area contributed by atoms with E-state index in [1.165, 1.54) is 10.5 Å². The van der Waals surface area contributed by atoms with Crippen LogP contribution in [0, 0.1) is 6.92 Å². The third-order valence-corrected chi connectivity index (χ3v) is 6.83. The van der Waals surface area contributed by atoms with Crippen molar-refractivity contribution in [3.63, 3.8) is 0 Å². The van der Waals surface area contributed by atoms with E-state index in [0.717, 1.165) is 68.3 Å². The van der Waals surface area contributed by atoms with Gasteiger partial charge in [-0.05, 0) is 69.4 Å². The van der Waals surface area contributed by atoms with E-state index >= 15 is 0 Å². The lowest BCUT2D eigenvalue weighted by Gasteiger charge is -2.34. The lowest BCUT2D eigenvalue weighted by atomic mass is 10.2. The zero-order chi connectivity index (χ0) is 24.6. The molecule has 2 aromatic carbocycles. The molecule has 0 spiro atoms. The maximum absolute atomic E-state index is 5.26. The van der Waals surface area contributed by atoms with Gasteiger partial charge in [-0.1, -0.05) is 17.7 Å². The lowest BCUT2D eigenvalue weighted by Crippen LogP contribution is -2.44. The van der Waals surface area contributed by atoms with Crippen molar-refractivity contribution >= 4 is 35.2 Å². The number of aromatic nitrogens is 2. The minimum Gasteiger partial charge on any atom is -0.497 e. The summed E-state index contributed by atoms with van der Waals surface area (Å²) in [5.41, 5.74) is 2.25. The number of piperazine rings is 1. The van der Waals surface area contributed by atoms with Gasteiger partial charge in [-0.25, -0.2) is 4.31 Å². The third-order valence-electron chi connectivity index (χ3n) is 5.72. The van der Waals surface area contributed by atoms with Gasteiger partial charge in [0.15, 0.2) is 0 Å². The fourth-order valence-electron chi connectivity index (χ4n) is 3.69. The van der Waals surface area contributed by atoms with Gasteiger partial charge in [0.25, 0.3) is 0 Å². The standard InChI is InChI=1S/C26H35N7OS/c1-20-5-7-21(8-6-20)28-25-19-24(27-13-14-31(2)3)29-26(30-25)32-15-17-33(18-16-32)35-23-11-9-22(34-4)10-12-23/h5-12,19H,13-18H2,1-4H3,(H2,27,28,29,30). The second kappa shape index (κ2) is 12.1. The molecule has 0 amide bonds. The van der Waals surface area contributed by atoms with Gasteiger partial charge < -0.3 is 25.2 Å². The van der Waals surface area contributed by atoms with Crippen molar-refractivity contribution in [3.05, 3.63) is 60.2 Å².